The summed E-state index contributed by atoms with van der Waals surface area (Å²) in [6.07, 6.45) is 3.89. The second-order valence-electron chi connectivity index (χ2n) is 2.35. The Morgan fingerprint density at radius 2 is 2.50 bits per heavy atom. The first-order valence-electron chi connectivity index (χ1n) is 3.60. The van der Waals surface area contributed by atoms with Crippen LogP contribution in [0, 0.1) is 0 Å². The summed E-state index contributed by atoms with van der Waals surface area (Å²) in [5, 5.41) is 0. The molecule has 0 saturated carbocycles. The smallest absolute Gasteiger partial charge is 0.250 e. The Morgan fingerprint density at radius 3 is 3.08 bits per heavy atom. The molecule has 1 heterocycles. The third-order valence-electron chi connectivity index (χ3n) is 1.49. The van der Waals surface area contributed by atoms with E-state index in [4.69, 9.17) is 5.73 Å². The third kappa shape index (κ3) is 1.69. The lowest BCUT2D eigenvalue weighted by Gasteiger charge is -2.00. The monoisotopic (exact) mass is 162 g/mol. The highest BCUT2D eigenvalue weighted by atomic mass is 16.1. The zero-order chi connectivity index (χ0) is 8.97. The van der Waals surface area contributed by atoms with Crippen molar-refractivity contribution in [3.05, 3.63) is 42.2 Å². The van der Waals surface area contributed by atoms with Crippen LogP contribution in [0.5, 0.6) is 0 Å². The Morgan fingerprint density at radius 1 is 1.75 bits per heavy atom. The minimum Gasteiger partial charge on any atom is -0.366 e. The van der Waals surface area contributed by atoms with E-state index in [1.54, 1.807) is 24.4 Å². The Bertz CT molecular complexity index is 307. The van der Waals surface area contributed by atoms with Crippen molar-refractivity contribution in [3.63, 3.8) is 0 Å². The normalized spacial score (nSPS) is 9.33. The molecular formula is C9H10N2O. The number of rotatable bonds is 3. The van der Waals surface area contributed by atoms with Crippen LogP contribution in [0.2, 0.25) is 0 Å². The van der Waals surface area contributed by atoms with Gasteiger partial charge in [0.2, 0.25) is 0 Å². The van der Waals surface area contributed by atoms with Gasteiger partial charge < -0.3 is 5.73 Å². The summed E-state index contributed by atoms with van der Waals surface area (Å²) in [6, 6.07) is 3.35. The van der Waals surface area contributed by atoms with Crippen LogP contribution < -0.4 is 5.73 Å². The van der Waals surface area contributed by atoms with Crippen LogP contribution in [0.15, 0.2) is 31.0 Å². The maximum atomic E-state index is 10.8. The minimum atomic E-state index is -0.444. The van der Waals surface area contributed by atoms with Crippen molar-refractivity contribution in [2.24, 2.45) is 5.73 Å². The molecule has 12 heavy (non-hydrogen) atoms. The molecular weight excluding hydrogens is 152 g/mol. The molecule has 0 aliphatic heterocycles. The van der Waals surface area contributed by atoms with Crippen molar-refractivity contribution in [3.8, 4) is 0 Å². The summed E-state index contributed by atoms with van der Waals surface area (Å²) in [7, 11) is 0. The van der Waals surface area contributed by atoms with E-state index in [1.807, 2.05) is 0 Å². The number of aromatic nitrogens is 1. The summed E-state index contributed by atoms with van der Waals surface area (Å²) in [5.41, 5.74) is 6.28. The molecule has 1 aromatic heterocycles. The molecule has 1 amide bonds. The number of pyridine rings is 1. The first kappa shape index (κ1) is 8.46. The van der Waals surface area contributed by atoms with E-state index in [0.717, 1.165) is 0 Å². The fourth-order valence-electron chi connectivity index (χ4n) is 0.962. The van der Waals surface area contributed by atoms with Crippen LogP contribution in [0.1, 0.15) is 16.1 Å². The predicted molar refractivity (Wildman–Crippen MR) is 46.7 cm³/mol. The van der Waals surface area contributed by atoms with E-state index in [9.17, 15) is 4.79 Å². The van der Waals surface area contributed by atoms with Crippen LogP contribution in [-0.2, 0) is 6.42 Å². The van der Waals surface area contributed by atoms with Gasteiger partial charge in [0.1, 0.15) is 0 Å². The van der Waals surface area contributed by atoms with Gasteiger partial charge in [-0.3, -0.25) is 9.78 Å². The predicted octanol–water partition coefficient (Wildman–Crippen LogP) is 0.909. The first-order valence-corrected chi connectivity index (χ1v) is 3.60. The van der Waals surface area contributed by atoms with Gasteiger partial charge in [0.15, 0.2) is 0 Å². The molecule has 0 saturated heterocycles. The third-order valence-corrected chi connectivity index (χ3v) is 1.49. The van der Waals surface area contributed by atoms with Crippen LogP contribution in [0.4, 0.5) is 0 Å². The van der Waals surface area contributed by atoms with E-state index >= 15 is 0 Å². The summed E-state index contributed by atoms with van der Waals surface area (Å²) in [6.45, 7) is 3.56. The van der Waals surface area contributed by atoms with E-state index in [2.05, 4.69) is 11.6 Å². The zero-order valence-corrected chi connectivity index (χ0v) is 6.66. The van der Waals surface area contributed by atoms with Gasteiger partial charge in [-0.2, -0.15) is 0 Å². The molecule has 0 fully saturated rings. The fraction of sp³-hybridized carbons (Fsp3) is 0.111. The van der Waals surface area contributed by atoms with Crippen molar-refractivity contribution in [1.82, 2.24) is 4.98 Å². The van der Waals surface area contributed by atoms with Crippen molar-refractivity contribution in [1.29, 1.82) is 0 Å². The average Bonchev–Trinajstić information content (AvgIpc) is 2.05. The highest BCUT2D eigenvalue weighted by molar-refractivity contribution is 5.93. The number of hydrogen-bond donors (Lipinski definition) is 1. The van der Waals surface area contributed by atoms with Crippen molar-refractivity contribution >= 4 is 5.91 Å². The molecule has 0 bridgehead atoms. The number of nitrogens with zero attached hydrogens (tertiary/aromatic N) is 1. The molecule has 3 heteroatoms. The van der Waals surface area contributed by atoms with E-state index < -0.39 is 5.91 Å². The molecule has 1 rings (SSSR count). The summed E-state index contributed by atoms with van der Waals surface area (Å²) in [5.74, 6) is -0.444. The fourth-order valence-corrected chi connectivity index (χ4v) is 0.962. The topological polar surface area (TPSA) is 56.0 Å². The highest BCUT2D eigenvalue weighted by Crippen LogP contribution is 2.04. The molecule has 62 valence electrons. The van der Waals surface area contributed by atoms with Crippen LogP contribution >= 0.6 is 0 Å². The Labute approximate surface area is 70.9 Å². The standard InChI is InChI=1S/C9H10N2O/c1-2-4-8-7(9(10)12)5-3-6-11-8/h2-3,5-6H,1,4H2,(H2,10,12). The second kappa shape index (κ2) is 3.67. The average molecular weight is 162 g/mol. The van der Waals surface area contributed by atoms with Gasteiger partial charge in [-0.05, 0) is 12.1 Å². The van der Waals surface area contributed by atoms with E-state index in [1.165, 1.54) is 0 Å². The molecule has 0 spiro atoms. The van der Waals surface area contributed by atoms with Crippen LogP contribution in [0.25, 0.3) is 0 Å². The minimum absolute atomic E-state index is 0.444. The van der Waals surface area contributed by atoms with Gasteiger partial charge in [-0.25, -0.2) is 0 Å². The molecule has 0 aliphatic rings. The molecule has 0 aliphatic carbocycles. The van der Waals surface area contributed by atoms with Crippen molar-refractivity contribution in [2.45, 2.75) is 6.42 Å². The van der Waals surface area contributed by atoms with Gasteiger partial charge in [-0.1, -0.05) is 6.08 Å². The molecule has 2 N–H and O–H groups in total. The van der Waals surface area contributed by atoms with Gasteiger partial charge in [0.25, 0.3) is 5.91 Å². The first-order chi connectivity index (χ1) is 5.75. The summed E-state index contributed by atoms with van der Waals surface area (Å²) >= 11 is 0. The van der Waals surface area contributed by atoms with E-state index in [-0.39, 0.29) is 0 Å². The number of primary amides is 1. The number of nitrogens with two attached hydrogens (primary N) is 1. The Kier molecular flexibility index (Phi) is 2.58. The van der Waals surface area contributed by atoms with Gasteiger partial charge in [-0.15, -0.1) is 6.58 Å². The van der Waals surface area contributed by atoms with Crippen molar-refractivity contribution < 1.29 is 4.79 Å². The van der Waals surface area contributed by atoms with Gasteiger partial charge in [0, 0.05) is 12.6 Å². The molecule has 0 unspecified atom stereocenters. The van der Waals surface area contributed by atoms with E-state index in [0.29, 0.717) is 17.7 Å². The largest absolute Gasteiger partial charge is 0.366 e. The second-order valence-corrected chi connectivity index (χ2v) is 2.35. The SMILES string of the molecule is C=CCc1ncccc1C(N)=O. The maximum Gasteiger partial charge on any atom is 0.250 e. The lowest BCUT2D eigenvalue weighted by molar-refractivity contribution is 0.0999. The highest BCUT2D eigenvalue weighted by Gasteiger charge is 2.05. The van der Waals surface area contributed by atoms with Crippen LogP contribution in [0.3, 0.4) is 0 Å². The molecule has 3 nitrogen and oxygen atoms in total. The number of amides is 1. The lowest BCUT2D eigenvalue weighted by Crippen LogP contribution is -2.14. The Hall–Kier alpha value is -1.64. The lowest BCUT2D eigenvalue weighted by atomic mass is 10.1. The zero-order valence-electron chi connectivity index (χ0n) is 6.66. The number of allylic oxidation sites excluding steroid dienone is 1. The van der Waals surface area contributed by atoms with Crippen molar-refractivity contribution in [2.75, 3.05) is 0 Å². The number of carbonyl (C=O) groups is 1. The molecule has 0 atom stereocenters. The van der Waals surface area contributed by atoms with Gasteiger partial charge >= 0.3 is 0 Å². The maximum absolute atomic E-state index is 10.8. The molecule has 0 radical (unpaired) electrons. The van der Waals surface area contributed by atoms with Crippen LogP contribution in [-0.4, -0.2) is 10.9 Å². The summed E-state index contributed by atoms with van der Waals surface area (Å²) in [4.78, 5) is 14.9. The Balaban J connectivity index is 3.07. The number of carbonyl (C=O) groups excluding carboxylic acids is 1. The molecule has 0 aromatic carbocycles. The number of hydrogen-bond acceptors (Lipinski definition) is 2. The van der Waals surface area contributed by atoms with Gasteiger partial charge in [0.05, 0.1) is 11.3 Å². The quantitative estimate of drug-likeness (QED) is 0.671. The summed E-state index contributed by atoms with van der Waals surface area (Å²) < 4.78 is 0. The molecule has 1 aromatic rings.